The zero-order valence-electron chi connectivity index (χ0n) is 11.3. The van der Waals surface area contributed by atoms with Crippen LogP contribution in [0.5, 0.6) is 5.75 Å². The van der Waals surface area contributed by atoms with Gasteiger partial charge in [0.2, 0.25) is 0 Å². The number of carbonyl (C=O) groups is 1. The Hall–Kier alpha value is -1.42. The predicted octanol–water partition coefficient (Wildman–Crippen LogP) is 3.58. The van der Waals surface area contributed by atoms with E-state index in [4.69, 9.17) is 16.3 Å². The fraction of sp³-hybridized carbons (Fsp3) is 0.462. The third-order valence-electron chi connectivity index (χ3n) is 2.22. The summed E-state index contributed by atoms with van der Waals surface area (Å²) in [5, 5.41) is 6.17. The van der Waals surface area contributed by atoms with Crippen LogP contribution in [-0.2, 0) is 0 Å². The van der Waals surface area contributed by atoms with Gasteiger partial charge in [-0.05, 0) is 39.3 Å². The number of benzene rings is 1. The smallest absolute Gasteiger partial charge is 0.319 e. The summed E-state index contributed by atoms with van der Waals surface area (Å²) in [6, 6.07) is 3.19. The summed E-state index contributed by atoms with van der Waals surface area (Å²) in [5.74, 6) is 0.537. The molecule has 0 bridgehead atoms. The molecule has 0 radical (unpaired) electrons. The van der Waals surface area contributed by atoms with Gasteiger partial charge in [0.15, 0.2) is 0 Å². The molecule has 4 nitrogen and oxygen atoms in total. The molecule has 0 atom stereocenters. The lowest BCUT2D eigenvalue weighted by Crippen LogP contribution is -2.43. The second kappa shape index (κ2) is 5.48. The van der Waals surface area contributed by atoms with E-state index >= 15 is 0 Å². The monoisotopic (exact) mass is 270 g/mol. The summed E-state index contributed by atoms with van der Waals surface area (Å²) < 4.78 is 5.19. The van der Waals surface area contributed by atoms with Crippen molar-refractivity contribution >= 4 is 23.3 Å². The molecule has 18 heavy (non-hydrogen) atoms. The van der Waals surface area contributed by atoms with Gasteiger partial charge in [0.25, 0.3) is 0 Å². The van der Waals surface area contributed by atoms with Gasteiger partial charge in [-0.15, -0.1) is 0 Å². The summed E-state index contributed by atoms with van der Waals surface area (Å²) in [5.41, 5.74) is 1.18. The first kappa shape index (κ1) is 14.6. The van der Waals surface area contributed by atoms with E-state index in [-0.39, 0.29) is 11.6 Å². The molecule has 0 fully saturated rings. The number of aryl methyl sites for hydroxylation is 1. The lowest BCUT2D eigenvalue weighted by atomic mass is 10.1. The molecular formula is C13H19ClN2O2. The van der Waals surface area contributed by atoms with E-state index in [0.717, 1.165) is 5.56 Å². The first-order valence-corrected chi connectivity index (χ1v) is 6.04. The zero-order valence-corrected chi connectivity index (χ0v) is 12.1. The second-order valence-electron chi connectivity index (χ2n) is 5.13. The standard InChI is InChI=1S/C13H19ClN2O2/c1-8-6-10(11(18-5)7-9(8)14)15-12(17)16-13(2,3)4/h6-7H,1-5H3,(H2,15,16,17). The van der Waals surface area contributed by atoms with Gasteiger partial charge in [0, 0.05) is 16.6 Å². The van der Waals surface area contributed by atoms with Gasteiger partial charge in [-0.1, -0.05) is 11.6 Å². The van der Waals surface area contributed by atoms with E-state index in [1.165, 1.54) is 7.11 Å². The average Bonchev–Trinajstić information content (AvgIpc) is 2.20. The van der Waals surface area contributed by atoms with Gasteiger partial charge in [0.1, 0.15) is 5.75 Å². The minimum Gasteiger partial charge on any atom is -0.495 e. The number of amides is 2. The lowest BCUT2D eigenvalue weighted by Gasteiger charge is -2.21. The van der Waals surface area contributed by atoms with E-state index in [0.29, 0.717) is 16.5 Å². The Labute approximate surface area is 113 Å². The number of rotatable bonds is 2. The maximum absolute atomic E-state index is 11.8. The Morgan fingerprint density at radius 2 is 1.94 bits per heavy atom. The number of methoxy groups -OCH3 is 1. The quantitative estimate of drug-likeness (QED) is 0.863. The fourth-order valence-corrected chi connectivity index (χ4v) is 1.58. The van der Waals surface area contributed by atoms with Crippen LogP contribution in [0, 0.1) is 6.92 Å². The van der Waals surface area contributed by atoms with Crippen LogP contribution < -0.4 is 15.4 Å². The Kier molecular flexibility index (Phi) is 4.46. The van der Waals surface area contributed by atoms with E-state index in [1.807, 2.05) is 27.7 Å². The van der Waals surface area contributed by atoms with Crippen LogP contribution in [0.4, 0.5) is 10.5 Å². The zero-order chi connectivity index (χ0) is 13.9. The molecule has 2 N–H and O–H groups in total. The number of halogens is 1. The molecule has 0 aromatic heterocycles. The third kappa shape index (κ3) is 4.11. The van der Waals surface area contributed by atoms with Gasteiger partial charge in [-0.2, -0.15) is 0 Å². The summed E-state index contributed by atoms with van der Waals surface area (Å²) >= 11 is 6.00. The average molecular weight is 271 g/mol. The van der Waals surface area contributed by atoms with Gasteiger partial charge in [-0.3, -0.25) is 0 Å². The van der Waals surface area contributed by atoms with Crippen molar-refractivity contribution in [1.82, 2.24) is 5.32 Å². The van der Waals surface area contributed by atoms with Crippen molar-refractivity contribution in [3.63, 3.8) is 0 Å². The molecule has 0 unspecified atom stereocenters. The van der Waals surface area contributed by atoms with Crippen molar-refractivity contribution in [3.05, 3.63) is 22.7 Å². The van der Waals surface area contributed by atoms with Crippen molar-refractivity contribution in [2.45, 2.75) is 33.2 Å². The van der Waals surface area contributed by atoms with Gasteiger partial charge >= 0.3 is 6.03 Å². The third-order valence-corrected chi connectivity index (χ3v) is 2.62. The molecule has 0 saturated carbocycles. The Morgan fingerprint density at radius 3 is 2.44 bits per heavy atom. The van der Waals surface area contributed by atoms with Crippen LogP contribution in [0.1, 0.15) is 26.3 Å². The highest BCUT2D eigenvalue weighted by atomic mass is 35.5. The number of urea groups is 1. The molecule has 0 aliphatic rings. The van der Waals surface area contributed by atoms with Gasteiger partial charge in [0.05, 0.1) is 12.8 Å². The molecule has 1 aromatic carbocycles. The molecule has 100 valence electrons. The Balaban J connectivity index is 2.90. The molecule has 0 heterocycles. The highest BCUT2D eigenvalue weighted by Crippen LogP contribution is 2.30. The van der Waals surface area contributed by atoms with Crippen molar-refractivity contribution in [1.29, 1.82) is 0 Å². The Bertz CT molecular complexity index is 453. The molecule has 0 saturated heterocycles. The van der Waals surface area contributed by atoms with Crippen LogP contribution >= 0.6 is 11.6 Å². The maximum atomic E-state index is 11.8. The molecule has 0 spiro atoms. The predicted molar refractivity (Wildman–Crippen MR) is 74.6 cm³/mol. The van der Waals surface area contributed by atoms with Crippen LogP contribution in [0.15, 0.2) is 12.1 Å². The minimum atomic E-state index is -0.293. The van der Waals surface area contributed by atoms with Crippen LogP contribution in [0.25, 0.3) is 0 Å². The van der Waals surface area contributed by atoms with Gasteiger partial charge < -0.3 is 15.4 Å². The maximum Gasteiger partial charge on any atom is 0.319 e. The van der Waals surface area contributed by atoms with Crippen LogP contribution in [-0.4, -0.2) is 18.7 Å². The molecule has 5 heteroatoms. The van der Waals surface area contributed by atoms with Crippen molar-refractivity contribution in [2.75, 3.05) is 12.4 Å². The molecule has 2 amide bonds. The molecule has 0 aliphatic heterocycles. The first-order chi connectivity index (χ1) is 8.23. The van der Waals surface area contributed by atoms with Gasteiger partial charge in [-0.25, -0.2) is 4.79 Å². The van der Waals surface area contributed by atoms with E-state index in [9.17, 15) is 4.79 Å². The number of nitrogens with one attached hydrogen (secondary N) is 2. The van der Waals surface area contributed by atoms with E-state index in [1.54, 1.807) is 12.1 Å². The lowest BCUT2D eigenvalue weighted by molar-refractivity contribution is 0.243. The number of hydrogen-bond donors (Lipinski definition) is 2. The normalized spacial score (nSPS) is 11.0. The number of hydrogen-bond acceptors (Lipinski definition) is 2. The fourth-order valence-electron chi connectivity index (χ4n) is 1.42. The highest BCUT2D eigenvalue weighted by molar-refractivity contribution is 6.31. The number of anilines is 1. The summed E-state index contributed by atoms with van der Waals surface area (Å²) in [6.45, 7) is 7.61. The second-order valence-corrected chi connectivity index (χ2v) is 5.54. The van der Waals surface area contributed by atoms with Crippen molar-refractivity contribution < 1.29 is 9.53 Å². The Morgan fingerprint density at radius 1 is 1.33 bits per heavy atom. The molecule has 1 rings (SSSR count). The summed E-state index contributed by atoms with van der Waals surface area (Å²) in [4.78, 5) is 11.8. The first-order valence-electron chi connectivity index (χ1n) is 5.66. The number of ether oxygens (including phenoxy) is 1. The summed E-state index contributed by atoms with van der Waals surface area (Å²) in [7, 11) is 1.54. The van der Waals surface area contributed by atoms with Crippen LogP contribution in [0.3, 0.4) is 0 Å². The summed E-state index contributed by atoms with van der Waals surface area (Å²) in [6.07, 6.45) is 0. The number of carbonyl (C=O) groups excluding carboxylic acids is 1. The minimum absolute atomic E-state index is 0.275. The molecule has 0 aliphatic carbocycles. The van der Waals surface area contributed by atoms with E-state index in [2.05, 4.69) is 10.6 Å². The highest BCUT2D eigenvalue weighted by Gasteiger charge is 2.15. The van der Waals surface area contributed by atoms with Crippen molar-refractivity contribution in [3.8, 4) is 5.75 Å². The SMILES string of the molecule is COc1cc(Cl)c(C)cc1NC(=O)NC(C)(C)C. The molecular weight excluding hydrogens is 252 g/mol. The van der Waals surface area contributed by atoms with Crippen molar-refractivity contribution in [2.24, 2.45) is 0 Å². The van der Waals surface area contributed by atoms with Crippen LogP contribution in [0.2, 0.25) is 5.02 Å². The largest absolute Gasteiger partial charge is 0.495 e. The molecule has 1 aromatic rings. The van der Waals surface area contributed by atoms with E-state index < -0.39 is 0 Å². The topological polar surface area (TPSA) is 50.4 Å².